The van der Waals surface area contributed by atoms with Crippen LogP contribution in [-0.2, 0) is 4.74 Å². The molecular weight excluding hydrogens is 252 g/mol. The molecule has 1 saturated heterocycles. The first-order valence-corrected chi connectivity index (χ1v) is 6.35. The first-order chi connectivity index (χ1) is 9.20. The maximum absolute atomic E-state index is 13.6. The molecule has 1 aromatic heterocycles. The van der Waals surface area contributed by atoms with Gasteiger partial charge < -0.3 is 15.0 Å². The summed E-state index contributed by atoms with van der Waals surface area (Å²) in [6.45, 7) is 3.98. The summed E-state index contributed by atoms with van der Waals surface area (Å²) in [6.07, 6.45) is 0. The smallest absolute Gasteiger partial charge is 0.186 e. The van der Waals surface area contributed by atoms with Crippen molar-refractivity contribution in [3.05, 3.63) is 29.6 Å². The van der Waals surface area contributed by atoms with Gasteiger partial charge in [-0.3, -0.25) is 0 Å². The zero-order valence-corrected chi connectivity index (χ0v) is 10.5. The van der Waals surface area contributed by atoms with Crippen LogP contribution >= 0.6 is 0 Å². The predicted octanol–water partition coefficient (Wildman–Crippen LogP) is 1.93. The minimum absolute atomic E-state index is 0.0369. The Balaban J connectivity index is 1.99. The maximum atomic E-state index is 13.6. The molecule has 0 spiro atoms. The summed E-state index contributed by atoms with van der Waals surface area (Å²) < 4.78 is 32.2. The highest BCUT2D eigenvalue weighted by molar-refractivity contribution is 5.76. The van der Waals surface area contributed by atoms with Crippen LogP contribution in [0.25, 0.3) is 11.0 Å². The van der Waals surface area contributed by atoms with Crippen molar-refractivity contribution >= 4 is 11.0 Å². The molecular formula is C13H15F2N3O. The van der Waals surface area contributed by atoms with Crippen molar-refractivity contribution < 1.29 is 13.5 Å². The van der Waals surface area contributed by atoms with E-state index in [-0.39, 0.29) is 17.5 Å². The van der Waals surface area contributed by atoms with Crippen molar-refractivity contribution in [2.24, 2.45) is 0 Å². The number of benzene rings is 1. The number of nitrogens with one attached hydrogen (secondary N) is 2. The zero-order valence-electron chi connectivity index (χ0n) is 10.5. The molecule has 2 heterocycles. The lowest BCUT2D eigenvalue weighted by molar-refractivity contribution is 0.187. The molecule has 1 aromatic carbocycles. The van der Waals surface area contributed by atoms with Gasteiger partial charge >= 0.3 is 0 Å². The number of fused-ring (bicyclic) bond motifs is 1. The Morgan fingerprint density at radius 3 is 3.05 bits per heavy atom. The van der Waals surface area contributed by atoms with Crippen molar-refractivity contribution in [1.29, 1.82) is 0 Å². The number of aromatic nitrogens is 2. The molecule has 6 heteroatoms. The Kier molecular flexibility index (Phi) is 3.20. The Labute approximate surface area is 109 Å². The van der Waals surface area contributed by atoms with Crippen LogP contribution in [0.1, 0.15) is 18.7 Å². The van der Waals surface area contributed by atoms with Gasteiger partial charge in [0.1, 0.15) is 11.3 Å². The number of rotatable bonds is 3. The number of hydrogen-bond acceptors (Lipinski definition) is 3. The van der Waals surface area contributed by atoms with Crippen LogP contribution in [0, 0.1) is 11.6 Å². The van der Waals surface area contributed by atoms with Crippen molar-refractivity contribution in [1.82, 2.24) is 15.3 Å². The normalized spacial score (nSPS) is 23.3. The van der Waals surface area contributed by atoms with Crippen LogP contribution in [0.3, 0.4) is 0 Å². The van der Waals surface area contributed by atoms with Gasteiger partial charge in [-0.05, 0) is 18.7 Å². The van der Waals surface area contributed by atoms with Gasteiger partial charge in [0, 0.05) is 6.04 Å². The van der Waals surface area contributed by atoms with Gasteiger partial charge in [0.15, 0.2) is 11.6 Å². The molecule has 3 rings (SSSR count). The van der Waals surface area contributed by atoms with E-state index in [1.165, 1.54) is 6.07 Å². The van der Waals surface area contributed by atoms with Gasteiger partial charge in [-0.2, -0.15) is 0 Å². The average Bonchev–Trinajstić information content (AvgIpc) is 3.00. The highest BCUT2D eigenvalue weighted by Crippen LogP contribution is 2.27. The summed E-state index contributed by atoms with van der Waals surface area (Å²) in [4.78, 5) is 7.25. The van der Waals surface area contributed by atoms with Gasteiger partial charge in [0.05, 0.1) is 24.6 Å². The standard InChI is InChI=1S/C13H15F2N3O/c1-2-16-10-6-19-5-7(10)13-17-9-4-3-8(14)11(15)12(9)18-13/h3-4,7,10,16H,2,5-6H2,1H3,(H,17,18). The van der Waals surface area contributed by atoms with Gasteiger partial charge in [-0.25, -0.2) is 13.8 Å². The molecule has 102 valence electrons. The van der Waals surface area contributed by atoms with E-state index in [4.69, 9.17) is 4.74 Å². The molecule has 2 aromatic rings. The fraction of sp³-hybridized carbons (Fsp3) is 0.462. The van der Waals surface area contributed by atoms with Crippen LogP contribution in [0.15, 0.2) is 12.1 Å². The number of hydrogen-bond donors (Lipinski definition) is 2. The quantitative estimate of drug-likeness (QED) is 0.893. The first kappa shape index (κ1) is 12.5. The summed E-state index contributed by atoms with van der Waals surface area (Å²) >= 11 is 0. The fourth-order valence-electron chi connectivity index (χ4n) is 2.50. The van der Waals surface area contributed by atoms with E-state index in [1.54, 1.807) is 0 Å². The van der Waals surface area contributed by atoms with Crippen LogP contribution in [0.4, 0.5) is 8.78 Å². The predicted molar refractivity (Wildman–Crippen MR) is 67.0 cm³/mol. The van der Waals surface area contributed by atoms with Crippen LogP contribution < -0.4 is 5.32 Å². The third kappa shape index (κ3) is 2.11. The lowest BCUT2D eigenvalue weighted by Crippen LogP contribution is -2.34. The number of aromatic amines is 1. The number of ether oxygens (including phenoxy) is 1. The van der Waals surface area contributed by atoms with E-state index in [0.717, 1.165) is 12.6 Å². The van der Waals surface area contributed by atoms with Crippen molar-refractivity contribution in [3.63, 3.8) is 0 Å². The second-order valence-corrected chi connectivity index (χ2v) is 4.69. The second kappa shape index (κ2) is 4.86. The minimum Gasteiger partial charge on any atom is -0.379 e. The van der Waals surface area contributed by atoms with E-state index in [9.17, 15) is 8.78 Å². The number of nitrogens with zero attached hydrogens (tertiary/aromatic N) is 1. The molecule has 0 aliphatic carbocycles. The van der Waals surface area contributed by atoms with Gasteiger partial charge in [-0.15, -0.1) is 0 Å². The Hall–Kier alpha value is -1.53. The number of halogens is 2. The van der Waals surface area contributed by atoms with Crippen molar-refractivity contribution in [2.45, 2.75) is 18.9 Å². The van der Waals surface area contributed by atoms with Crippen LogP contribution in [-0.4, -0.2) is 35.8 Å². The van der Waals surface area contributed by atoms with E-state index in [0.29, 0.717) is 24.6 Å². The summed E-state index contributed by atoms with van der Waals surface area (Å²) in [6, 6.07) is 2.76. The van der Waals surface area contributed by atoms with Gasteiger partial charge in [0.2, 0.25) is 0 Å². The van der Waals surface area contributed by atoms with Crippen molar-refractivity contribution in [3.8, 4) is 0 Å². The fourth-order valence-corrected chi connectivity index (χ4v) is 2.50. The van der Waals surface area contributed by atoms with Crippen LogP contribution in [0.2, 0.25) is 0 Å². The summed E-state index contributed by atoms with van der Waals surface area (Å²) in [5.41, 5.74) is 0.563. The Bertz CT molecular complexity index is 599. The molecule has 1 aliphatic rings. The van der Waals surface area contributed by atoms with E-state index >= 15 is 0 Å². The number of likely N-dealkylation sites (N-methyl/N-ethyl adjacent to an activating group) is 1. The molecule has 4 nitrogen and oxygen atoms in total. The third-order valence-electron chi connectivity index (χ3n) is 3.46. The molecule has 0 bridgehead atoms. The second-order valence-electron chi connectivity index (χ2n) is 4.69. The van der Waals surface area contributed by atoms with E-state index < -0.39 is 11.6 Å². The Morgan fingerprint density at radius 1 is 1.42 bits per heavy atom. The Morgan fingerprint density at radius 2 is 2.26 bits per heavy atom. The molecule has 1 aliphatic heterocycles. The van der Waals surface area contributed by atoms with E-state index in [1.807, 2.05) is 6.92 Å². The molecule has 0 amide bonds. The zero-order chi connectivity index (χ0) is 13.4. The maximum Gasteiger partial charge on any atom is 0.186 e. The van der Waals surface area contributed by atoms with Crippen molar-refractivity contribution in [2.75, 3.05) is 19.8 Å². The van der Waals surface area contributed by atoms with E-state index in [2.05, 4.69) is 15.3 Å². The average molecular weight is 267 g/mol. The van der Waals surface area contributed by atoms with Gasteiger partial charge in [0.25, 0.3) is 0 Å². The lowest BCUT2D eigenvalue weighted by Gasteiger charge is -2.15. The van der Waals surface area contributed by atoms with Gasteiger partial charge in [-0.1, -0.05) is 6.92 Å². The lowest BCUT2D eigenvalue weighted by atomic mass is 10.0. The van der Waals surface area contributed by atoms with Crippen LogP contribution in [0.5, 0.6) is 0 Å². The summed E-state index contributed by atoms with van der Waals surface area (Å²) in [7, 11) is 0. The molecule has 2 atom stereocenters. The summed E-state index contributed by atoms with van der Waals surface area (Å²) in [5, 5.41) is 3.31. The highest BCUT2D eigenvalue weighted by atomic mass is 19.2. The molecule has 2 unspecified atom stereocenters. The third-order valence-corrected chi connectivity index (χ3v) is 3.46. The molecule has 0 radical (unpaired) electrons. The molecule has 19 heavy (non-hydrogen) atoms. The SMILES string of the molecule is CCNC1COCC1c1nc2c(F)c(F)ccc2[nH]1. The molecule has 0 saturated carbocycles. The largest absolute Gasteiger partial charge is 0.379 e. The first-order valence-electron chi connectivity index (χ1n) is 6.35. The molecule has 2 N–H and O–H groups in total. The topological polar surface area (TPSA) is 49.9 Å². The highest BCUT2D eigenvalue weighted by Gasteiger charge is 2.31. The molecule has 1 fully saturated rings. The monoisotopic (exact) mass is 267 g/mol. The number of H-pyrrole nitrogens is 1. The number of imidazole rings is 1. The minimum atomic E-state index is -0.904. The summed E-state index contributed by atoms with van der Waals surface area (Å²) in [5.74, 6) is -1.10.